The van der Waals surface area contributed by atoms with E-state index in [1.165, 1.54) is 0 Å². The van der Waals surface area contributed by atoms with E-state index < -0.39 is 5.92 Å². The third kappa shape index (κ3) is 4.64. The zero-order chi connectivity index (χ0) is 21.3. The average molecular weight is 446 g/mol. The normalized spacial score (nSPS) is 24.0. The van der Waals surface area contributed by atoms with E-state index in [-0.39, 0.29) is 30.2 Å². The number of rotatable bonds is 6. The van der Waals surface area contributed by atoms with Gasteiger partial charge in [0.15, 0.2) is 0 Å². The van der Waals surface area contributed by atoms with Crippen LogP contribution in [-0.2, 0) is 9.59 Å². The van der Waals surface area contributed by atoms with Crippen LogP contribution < -0.4 is 11.3 Å². The van der Waals surface area contributed by atoms with E-state index in [1.54, 1.807) is 0 Å². The smallest absolute Gasteiger partial charge is 0.234 e. The Hall–Kier alpha value is -2.08. The lowest BCUT2D eigenvalue weighted by Gasteiger charge is -2.45. The quantitative estimate of drug-likeness (QED) is 0.391. The van der Waals surface area contributed by atoms with Gasteiger partial charge < -0.3 is 4.90 Å². The standard InChI is InChI=1S/C23H25Cl2N3O2/c24-18-8-6-15(7-9-18)22-20(16-2-1-3-19(25)10-16)11-17(12-21(29)27-26)23(30)28(22)13-14-4-5-14/h1-3,6-10,14,17,20,22H,4-5,11-13,26H2,(H,27,29)/t17-,20-,22-/m1/s1. The van der Waals surface area contributed by atoms with Gasteiger partial charge in [-0.05, 0) is 60.6 Å². The highest BCUT2D eigenvalue weighted by Crippen LogP contribution is 2.48. The summed E-state index contributed by atoms with van der Waals surface area (Å²) in [6, 6.07) is 15.3. The summed E-state index contributed by atoms with van der Waals surface area (Å²) in [6.45, 7) is 0.698. The van der Waals surface area contributed by atoms with Crippen LogP contribution in [0.3, 0.4) is 0 Å². The van der Waals surface area contributed by atoms with Crippen LogP contribution in [0.2, 0.25) is 10.0 Å². The van der Waals surface area contributed by atoms with Crippen molar-refractivity contribution in [3.05, 3.63) is 69.7 Å². The molecule has 0 unspecified atom stereocenters. The highest BCUT2D eigenvalue weighted by atomic mass is 35.5. The number of carbonyl (C=O) groups is 2. The van der Waals surface area contributed by atoms with Gasteiger partial charge in [0.05, 0.1) is 6.04 Å². The van der Waals surface area contributed by atoms with Crippen LogP contribution in [0.4, 0.5) is 0 Å². The van der Waals surface area contributed by atoms with Gasteiger partial charge in [0.25, 0.3) is 0 Å². The molecule has 1 saturated heterocycles. The van der Waals surface area contributed by atoms with E-state index in [0.717, 1.165) is 24.0 Å². The maximum absolute atomic E-state index is 13.5. The Morgan fingerprint density at radius 3 is 2.43 bits per heavy atom. The molecule has 2 aliphatic rings. The molecular formula is C23H25Cl2N3O2. The topological polar surface area (TPSA) is 75.4 Å². The van der Waals surface area contributed by atoms with Crippen molar-refractivity contribution in [2.75, 3.05) is 6.54 Å². The fourth-order valence-electron chi connectivity index (χ4n) is 4.49. The zero-order valence-corrected chi connectivity index (χ0v) is 18.1. The van der Waals surface area contributed by atoms with Gasteiger partial charge in [0.2, 0.25) is 11.8 Å². The van der Waals surface area contributed by atoms with Crippen molar-refractivity contribution in [1.29, 1.82) is 0 Å². The van der Waals surface area contributed by atoms with Gasteiger partial charge in [-0.1, -0.05) is 47.5 Å². The molecule has 158 valence electrons. The number of piperidine rings is 1. The molecule has 4 rings (SSSR count). The third-order valence-electron chi connectivity index (χ3n) is 6.12. The van der Waals surface area contributed by atoms with Crippen LogP contribution in [0.15, 0.2) is 48.5 Å². The second-order valence-corrected chi connectivity index (χ2v) is 9.17. The van der Waals surface area contributed by atoms with Gasteiger partial charge in [0.1, 0.15) is 0 Å². The van der Waals surface area contributed by atoms with Gasteiger partial charge in [-0.2, -0.15) is 0 Å². The van der Waals surface area contributed by atoms with Crippen molar-refractivity contribution in [3.8, 4) is 0 Å². The molecule has 1 aliphatic carbocycles. The minimum absolute atomic E-state index is 0.0110. The number of amides is 2. The first-order valence-electron chi connectivity index (χ1n) is 10.3. The highest BCUT2D eigenvalue weighted by Gasteiger charge is 2.45. The number of likely N-dealkylation sites (tertiary alicyclic amines) is 1. The van der Waals surface area contributed by atoms with Crippen molar-refractivity contribution < 1.29 is 9.59 Å². The fourth-order valence-corrected chi connectivity index (χ4v) is 4.81. The molecule has 2 amide bonds. The molecule has 2 aromatic rings. The molecule has 0 bridgehead atoms. The van der Waals surface area contributed by atoms with E-state index in [1.807, 2.05) is 53.4 Å². The number of nitrogens with zero attached hydrogens (tertiary/aromatic N) is 1. The van der Waals surface area contributed by atoms with Crippen LogP contribution in [0.5, 0.6) is 0 Å². The summed E-state index contributed by atoms with van der Waals surface area (Å²) in [5, 5.41) is 1.32. The molecule has 0 radical (unpaired) electrons. The summed E-state index contributed by atoms with van der Waals surface area (Å²) in [5.74, 6) is 5.11. The molecule has 3 atom stereocenters. The molecular weight excluding hydrogens is 421 g/mol. The molecule has 3 N–H and O–H groups in total. The Kier molecular flexibility index (Phi) is 6.32. The van der Waals surface area contributed by atoms with E-state index in [2.05, 4.69) is 5.43 Å². The lowest BCUT2D eigenvalue weighted by molar-refractivity contribution is -0.146. The predicted molar refractivity (Wildman–Crippen MR) is 118 cm³/mol. The Bertz CT molecular complexity index is 930. The highest BCUT2D eigenvalue weighted by molar-refractivity contribution is 6.30. The van der Waals surface area contributed by atoms with Crippen molar-refractivity contribution in [3.63, 3.8) is 0 Å². The fraction of sp³-hybridized carbons (Fsp3) is 0.391. The number of hydrogen-bond acceptors (Lipinski definition) is 3. The van der Waals surface area contributed by atoms with E-state index in [4.69, 9.17) is 29.0 Å². The minimum atomic E-state index is -0.417. The molecule has 0 aromatic heterocycles. The number of nitrogens with two attached hydrogens (primary N) is 1. The van der Waals surface area contributed by atoms with Crippen molar-refractivity contribution >= 4 is 35.0 Å². The number of benzene rings is 2. The molecule has 2 fully saturated rings. The molecule has 5 nitrogen and oxygen atoms in total. The van der Waals surface area contributed by atoms with Gasteiger partial charge in [-0.15, -0.1) is 0 Å². The summed E-state index contributed by atoms with van der Waals surface area (Å²) < 4.78 is 0. The Balaban J connectivity index is 1.77. The van der Waals surface area contributed by atoms with Crippen LogP contribution >= 0.6 is 23.2 Å². The first kappa shape index (κ1) is 21.2. The van der Waals surface area contributed by atoms with Gasteiger partial charge >= 0.3 is 0 Å². The Morgan fingerprint density at radius 1 is 1.07 bits per heavy atom. The van der Waals surface area contributed by atoms with Crippen molar-refractivity contribution in [2.45, 2.75) is 37.6 Å². The summed E-state index contributed by atoms with van der Waals surface area (Å²) in [6.07, 6.45) is 2.90. The maximum atomic E-state index is 13.5. The molecule has 1 aliphatic heterocycles. The molecule has 0 spiro atoms. The third-order valence-corrected chi connectivity index (χ3v) is 6.61. The van der Waals surface area contributed by atoms with E-state index >= 15 is 0 Å². The number of carbonyl (C=O) groups excluding carboxylic acids is 2. The first-order valence-corrected chi connectivity index (χ1v) is 11.0. The van der Waals surface area contributed by atoms with Gasteiger partial charge in [-0.3, -0.25) is 15.0 Å². The molecule has 30 heavy (non-hydrogen) atoms. The molecule has 1 saturated carbocycles. The second kappa shape index (κ2) is 8.96. The number of hydrazine groups is 1. The predicted octanol–water partition coefficient (Wildman–Crippen LogP) is 4.46. The molecule has 2 aromatic carbocycles. The molecule has 7 heteroatoms. The lowest BCUT2D eigenvalue weighted by Crippen LogP contribution is -2.49. The second-order valence-electron chi connectivity index (χ2n) is 8.30. The maximum Gasteiger partial charge on any atom is 0.234 e. The first-order chi connectivity index (χ1) is 14.5. The van der Waals surface area contributed by atoms with Crippen LogP contribution in [-0.4, -0.2) is 23.3 Å². The average Bonchev–Trinajstić information content (AvgIpc) is 3.55. The van der Waals surface area contributed by atoms with E-state index in [0.29, 0.717) is 28.9 Å². The minimum Gasteiger partial charge on any atom is -0.335 e. The number of nitrogens with one attached hydrogen (secondary N) is 1. The number of halogens is 2. The number of hydrogen-bond donors (Lipinski definition) is 2. The zero-order valence-electron chi connectivity index (χ0n) is 16.6. The monoisotopic (exact) mass is 445 g/mol. The summed E-state index contributed by atoms with van der Waals surface area (Å²) >= 11 is 12.4. The lowest BCUT2D eigenvalue weighted by atomic mass is 9.74. The Labute approximate surface area is 186 Å². The van der Waals surface area contributed by atoms with Gasteiger partial charge in [-0.25, -0.2) is 5.84 Å². The summed E-state index contributed by atoms with van der Waals surface area (Å²) in [7, 11) is 0. The van der Waals surface area contributed by atoms with E-state index in [9.17, 15) is 9.59 Å². The van der Waals surface area contributed by atoms with Crippen LogP contribution in [0.25, 0.3) is 0 Å². The van der Waals surface area contributed by atoms with Crippen molar-refractivity contribution in [1.82, 2.24) is 10.3 Å². The molecule has 1 heterocycles. The SMILES string of the molecule is NNC(=O)C[C@H]1C[C@H](c2cccc(Cl)c2)[C@@H](c2ccc(Cl)cc2)N(CC2CC2)C1=O. The van der Waals surface area contributed by atoms with Crippen molar-refractivity contribution in [2.24, 2.45) is 17.7 Å². The van der Waals surface area contributed by atoms with Crippen LogP contribution in [0.1, 0.15) is 48.8 Å². The largest absolute Gasteiger partial charge is 0.335 e. The summed E-state index contributed by atoms with van der Waals surface area (Å²) in [4.78, 5) is 27.5. The van der Waals surface area contributed by atoms with Gasteiger partial charge in [0, 0.05) is 34.8 Å². The van der Waals surface area contributed by atoms with Crippen LogP contribution in [0, 0.1) is 11.8 Å². The Morgan fingerprint density at radius 2 is 1.80 bits per heavy atom. The summed E-state index contributed by atoms with van der Waals surface area (Å²) in [5.41, 5.74) is 4.27.